The molecule has 8 heteroatoms. The van der Waals surface area contributed by atoms with Gasteiger partial charge in [0, 0.05) is 30.5 Å². The predicted molar refractivity (Wildman–Crippen MR) is 88.2 cm³/mol. The van der Waals surface area contributed by atoms with Crippen LogP contribution in [-0.2, 0) is 4.79 Å². The third-order valence-corrected chi connectivity index (χ3v) is 3.41. The lowest BCUT2D eigenvalue weighted by Crippen LogP contribution is -2.14. The van der Waals surface area contributed by atoms with Gasteiger partial charge in [-0.15, -0.1) is 0 Å². The third kappa shape index (κ3) is 4.84. The lowest BCUT2D eigenvalue weighted by Gasteiger charge is -2.09. The molecule has 1 N–H and O–H groups in total. The predicted octanol–water partition coefficient (Wildman–Crippen LogP) is 3.34. The quantitative estimate of drug-likeness (QED) is 0.471. The second-order valence-corrected chi connectivity index (χ2v) is 5.12. The Bertz CT molecular complexity index is 805. The minimum atomic E-state index is -0.590. The Morgan fingerprint density at radius 2 is 1.84 bits per heavy atom. The molecule has 25 heavy (non-hydrogen) atoms. The van der Waals surface area contributed by atoms with Gasteiger partial charge in [-0.05, 0) is 30.3 Å². The highest BCUT2D eigenvalue weighted by molar-refractivity contribution is 6.00. The fourth-order valence-electron chi connectivity index (χ4n) is 2.13. The second kappa shape index (κ2) is 8.00. The van der Waals surface area contributed by atoms with E-state index >= 15 is 0 Å². The van der Waals surface area contributed by atoms with E-state index in [0.717, 1.165) is 0 Å². The van der Waals surface area contributed by atoms with Gasteiger partial charge < -0.3 is 10.1 Å². The molecule has 0 aromatic heterocycles. The molecular formula is C17H15FN2O5. The van der Waals surface area contributed by atoms with E-state index in [9.17, 15) is 24.1 Å². The zero-order valence-corrected chi connectivity index (χ0v) is 13.3. The van der Waals surface area contributed by atoms with Gasteiger partial charge in [-0.2, -0.15) is 0 Å². The summed E-state index contributed by atoms with van der Waals surface area (Å²) in [5.74, 6) is -0.980. The van der Waals surface area contributed by atoms with E-state index in [1.807, 2.05) is 0 Å². The number of halogens is 1. The summed E-state index contributed by atoms with van der Waals surface area (Å²) in [6.45, 7) is 0. The smallest absolute Gasteiger partial charge is 0.271 e. The van der Waals surface area contributed by atoms with Crippen molar-refractivity contribution in [1.82, 2.24) is 0 Å². The van der Waals surface area contributed by atoms with E-state index in [0.29, 0.717) is 5.56 Å². The molecular weight excluding hydrogens is 331 g/mol. The van der Waals surface area contributed by atoms with Crippen LogP contribution < -0.4 is 10.1 Å². The normalized spacial score (nSPS) is 10.2. The lowest BCUT2D eigenvalue weighted by atomic mass is 10.1. The number of carbonyl (C=O) groups excluding carboxylic acids is 2. The van der Waals surface area contributed by atoms with Gasteiger partial charge in [-0.25, -0.2) is 4.39 Å². The van der Waals surface area contributed by atoms with Crippen molar-refractivity contribution in [2.45, 2.75) is 12.8 Å². The zero-order chi connectivity index (χ0) is 18.4. The maximum Gasteiger partial charge on any atom is 0.271 e. The van der Waals surface area contributed by atoms with Crippen LogP contribution in [0.15, 0.2) is 42.5 Å². The molecule has 1 amide bonds. The van der Waals surface area contributed by atoms with Crippen LogP contribution in [0.25, 0.3) is 0 Å². The largest absolute Gasteiger partial charge is 0.495 e. The second-order valence-electron chi connectivity index (χ2n) is 5.12. The Morgan fingerprint density at radius 3 is 2.44 bits per heavy atom. The number of nitrogens with zero attached hydrogens (tertiary/aromatic N) is 1. The van der Waals surface area contributed by atoms with Crippen LogP contribution in [0, 0.1) is 15.9 Å². The van der Waals surface area contributed by atoms with Gasteiger partial charge in [0.2, 0.25) is 5.91 Å². The Labute approximate surface area is 142 Å². The standard InChI is InChI=1S/C17H15FN2O5/c1-25-16-8-6-13(20(23)24)10-14(16)19-17(22)9-7-15(21)11-2-4-12(18)5-3-11/h2-6,8,10H,7,9H2,1H3,(H,19,22). The Kier molecular flexibility index (Phi) is 5.78. The number of rotatable bonds is 7. The molecule has 7 nitrogen and oxygen atoms in total. The van der Waals surface area contributed by atoms with Gasteiger partial charge in [-0.3, -0.25) is 19.7 Å². The highest BCUT2D eigenvalue weighted by Crippen LogP contribution is 2.29. The van der Waals surface area contributed by atoms with Crippen molar-refractivity contribution in [2.24, 2.45) is 0 Å². The summed E-state index contributed by atoms with van der Waals surface area (Å²) < 4.78 is 17.9. The summed E-state index contributed by atoms with van der Waals surface area (Å²) in [6.07, 6.45) is -0.198. The van der Waals surface area contributed by atoms with E-state index in [1.165, 1.54) is 49.6 Å². The molecule has 2 aromatic rings. The number of hydrogen-bond acceptors (Lipinski definition) is 5. The number of Topliss-reactive ketones (excluding diaryl/α,β-unsaturated/α-hetero) is 1. The van der Waals surface area contributed by atoms with Crippen molar-refractivity contribution in [3.63, 3.8) is 0 Å². The molecule has 0 saturated carbocycles. The number of benzene rings is 2. The van der Waals surface area contributed by atoms with Crippen molar-refractivity contribution in [2.75, 3.05) is 12.4 Å². The molecule has 0 bridgehead atoms. The highest BCUT2D eigenvalue weighted by atomic mass is 19.1. The van der Waals surface area contributed by atoms with Crippen molar-refractivity contribution >= 4 is 23.1 Å². The van der Waals surface area contributed by atoms with E-state index in [1.54, 1.807) is 0 Å². The van der Waals surface area contributed by atoms with E-state index < -0.39 is 16.6 Å². The molecule has 0 unspecified atom stereocenters. The van der Waals surface area contributed by atoms with Crippen LogP contribution in [0.2, 0.25) is 0 Å². The third-order valence-electron chi connectivity index (χ3n) is 3.41. The number of nitrogens with one attached hydrogen (secondary N) is 1. The average Bonchev–Trinajstić information content (AvgIpc) is 2.60. The van der Waals surface area contributed by atoms with Crippen molar-refractivity contribution < 1.29 is 23.6 Å². The average molecular weight is 346 g/mol. The first-order chi connectivity index (χ1) is 11.9. The maximum atomic E-state index is 12.8. The number of amides is 1. The summed E-state index contributed by atoms with van der Waals surface area (Å²) in [7, 11) is 1.37. The Balaban J connectivity index is 2.00. The molecule has 0 aliphatic heterocycles. The topological polar surface area (TPSA) is 98.5 Å². The monoisotopic (exact) mass is 346 g/mol. The molecule has 0 fully saturated rings. The minimum Gasteiger partial charge on any atom is -0.495 e. The molecule has 2 rings (SSSR count). The first-order valence-corrected chi connectivity index (χ1v) is 7.31. The summed E-state index contributed by atoms with van der Waals surface area (Å²) in [5, 5.41) is 13.3. The fourth-order valence-corrected chi connectivity index (χ4v) is 2.13. The Morgan fingerprint density at radius 1 is 1.16 bits per heavy atom. The lowest BCUT2D eigenvalue weighted by molar-refractivity contribution is -0.384. The van der Waals surface area contributed by atoms with E-state index in [4.69, 9.17) is 4.74 Å². The van der Waals surface area contributed by atoms with Gasteiger partial charge in [-0.1, -0.05) is 0 Å². The van der Waals surface area contributed by atoms with Crippen molar-refractivity contribution in [1.29, 1.82) is 0 Å². The highest BCUT2D eigenvalue weighted by Gasteiger charge is 2.15. The summed E-state index contributed by atoms with van der Waals surface area (Å²) >= 11 is 0. The van der Waals surface area contributed by atoms with Crippen molar-refractivity contribution in [3.05, 3.63) is 64.0 Å². The summed E-state index contributed by atoms with van der Waals surface area (Å²) in [5.41, 5.74) is 0.261. The summed E-state index contributed by atoms with van der Waals surface area (Å²) in [6, 6.07) is 8.84. The SMILES string of the molecule is COc1ccc([N+](=O)[O-])cc1NC(=O)CCC(=O)c1ccc(F)cc1. The number of hydrogen-bond donors (Lipinski definition) is 1. The molecule has 0 aliphatic rings. The molecule has 0 spiro atoms. The van der Waals surface area contributed by atoms with Gasteiger partial charge in [0.15, 0.2) is 5.78 Å². The van der Waals surface area contributed by atoms with Crippen LogP contribution in [-0.4, -0.2) is 23.7 Å². The Hall–Kier alpha value is -3.29. The molecule has 130 valence electrons. The van der Waals surface area contributed by atoms with Crippen LogP contribution in [0.4, 0.5) is 15.8 Å². The number of nitro benzene ring substituents is 1. The van der Waals surface area contributed by atoms with Crippen molar-refractivity contribution in [3.8, 4) is 5.75 Å². The van der Waals surface area contributed by atoms with Gasteiger partial charge >= 0.3 is 0 Å². The number of nitro groups is 1. The molecule has 0 saturated heterocycles. The molecule has 0 aliphatic carbocycles. The van der Waals surface area contributed by atoms with Crippen LogP contribution in [0.3, 0.4) is 0 Å². The van der Waals surface area contributed by atoms with E-state index in [-0.39, 0.29) is 35.7 Å². The van der Waals surface area contributed by atoms with E-state index in [2.05, 4.69) is 5.32 Å². The maximum absolute atomic E-state index is 12.8. The minimum absolute atomic E-state index is 0.0747. The zero-order valence-electron chi connectivity index (χ0n) is 13.3. The molecule has 0 atom stereocenters. The first kappa shape index (κ1) is 18.1. The van der Waals surface area contributed by atoms with Gasteiger partial charge in [0.1, 0.15) is 11.6 Å². The number of ether oxygens (including phenoxy) is 1. The number of methoxy groups -OCH3 is 1. The number of ketones is 1. The van der Waals surface area contributed by atoms with Gasteiger partial charge in [0.25, 0.3) is 5.69 Å². The fraction of sp³-hybridized carbons (Fsp3) is 0.176. The van der Waals surface area contributed by atoms with Crippen LogP contribution >= 0.6 is 0 Å². The van der Waals surface area contributed by atoms with Gasteiger partial charge in [0.05, 0.1) is 17.7 Å². The molecule has 0 heterocycles. The van der Waals surface area contributed by atoms with Crippen LogP contribution in [0.5, 0.6) is 5.75 Å². The molecule has 0 radical (unpaired) electrons. The summed E-state index contributed by atoms with van der Waals surface area (Å²) in [4.78, 5) is 34.2. The number of non-ortho nitro benzene ring substituents is 1. The molecule has 2 aromatic carbocycles. The number of carbonyl (C=O) groups is 2. The van der Waals surface area contributed by atoms with Crippen LogP contribution in [0.1, 0.15) is 23.2 Å². The first-order valence-electron chi connectivity index (χ1n) is 7.31. The number of anilines is 1.